The van der Waals surface area contributed by atoms with Crippen LogP contribution in [0.4, 0.5) is 5.69 Å². The number of alkyl halides is 1. The molecule has 2 fully saturated rings. The summed E-state index contributed by atoms with van der Waals surface area (Å²) in [7, 11) is 0. The van der Waals surface area contributed by atoms with E-state index in [-0.39, 0.29) is 59.1 Å². The van der Waals surface area contributed by atoms with Gasteiger partial charge in [0.15, 0.2) is 6.10 Å². The number of carbonyl (C=O) groups is 4. The van der Waals surface area contributed by atoms with E-state index in [1.54, 1.807) is 54.6 Å². The number of aryl methyl sites for hydroxylation is 1. The Kier molecular flexibility index (Phi) is 8.77. The van der Waals surface area contributed by atoms with E-state index in [2.05, 4.69) is 28.9 Å². The molecule has 7 nitrogen and oxygen atoms in total. The van der Waals surface area contributed by atoms with E-state index in [9.17, 15) is 19.2 Å². The number of esters is 1. The van der Waals surface area contributed by atoms with E-state index < -0.39 is 12.1 Å². The molecule has 0 spiro atoms. The number of hydrogen-bond acceptors (Lipinski definition) is 6. The lowest BCUT2D eigenvalue weighted by Gasteiger charge is -2.19. The number of hydrogen-bond donors (Lipinski definition) is 0. The maximum Gasteiger partial charge on any atom is 0.339 e. The third-order valence-electron chi connectivity index (χ3n) is 9.90. The number of ketones is 1. The zero-order valence-electron chi connectivity index (χ0n) is 26.2. The van der Waals surface area contributed by atoms with Gasteiger partial charge < -0.3 is 4.74 Å². The maximum atomic E-state index is 13.9. The van der Waals surface area contributed by atoms with Crippen molar-refractivity contribution in [2.45, 2.75) is 39.2 Å². The first-order chi connectivity index (χ1) is 23.1. The standard InChI is InChI=1S/C38H31BrCl2N2O5/c1-3-20-15-24(39)17-28-29(38(47)48-31(12-13-40)35(44)22-4-8-25(41)9-5-22)18-30(42-34(20)28)21-6-10-26(11-7-21)43-36(45)32-23-14-19(2)27(16-23)33(32)37(43)46/h4-11,14-15,17-18,23,27,31-33H,3,12-13,16H2,1-2H3. The maximum absolute atomic E-state index is 13.9. The van der Waals surface area contributed by atoms with Crippen LogP contribution in [0, 0.1) is 23.7 Å². The highest BCUT2D eigenvalue weighted by atomic mass is 79.9. The fourth-order valence-electron chi connectivity index (χ4n) is 7.59. The number of halogens is 3. The van der Waals surface area contributed by atoms with Crippen molar-refractivity contribution in [3.05, 3.63) is 105 Å². The van der Waals surface area contributed by atoms with E-state index in [1.165, 1.54) is 10.5 Å². The second-order valence-electron chi connectivity index (χ2n) is 12.6. The van der Waals surface area contributed by atoms with Crippen LogP contribution < -0.4 is 4.90 Å². The molecule has 48 heavy (non-hydrogen) atoms. The summed E-state index contributed by atoms with van der Waals surface area (Å²) in [4.78, 5) is 60.6. The first kappa shape index (κ1) is 32.7. The number of fused-ring (bicyclic) bond motifs is 6. The molecule has 1 aromatic heterocycles. The molecule has 2 aliphatic carbocycles. The molecule has 0 N–H and O–H groups in total. The molecule has 1 aliphatic heterocycles. The Morgan fingerprint density at radius 1 is 1.02 bits per heavy atom. The van der Waals surface area contributed by atoms with Crippen molar-refractivity contribution in [2.24, 2.45) is 23.7 Å². The van der Waals surface area contributed by atoms with Gasteiger partial charge in [-0.15, -0.1) is 11.6 Å². The van der Waals surface area contributed by atoms with Crippen LogP contribution in [0.2, 0.25) is 5.02 Å². The number of ether oxygens (including phenoxy) is 1. The van der Waals surface area contributed by atoms with Gasteiger partial charge in [-0.05, 0) is 91.8 Å². The molecule has 5 atom stereocenters. The van der Waals surface area contributed by atoms with E-state index in [0.29, 0.717) is 44.9 Å². The number of pyridine rings is 1. The summed E-state index contributed by atoms with van der Waals surface area (Å²) in [6.07, 6.45) is 2.71. The highest BCUT2D eigenvalue weighted by molar-refractivity contribution is 9.10. The van der Waals surface area contributed by atoms with Crippen LogP contribution in [0.25, 0.3) is 22.2 Å². The Balaban J connectivity index is 1.23. The van der Waals surface area contributed by atoms with E-state index in [4.69, 9.17) is 32.9 Å². The van der Waals surface area contributed by atoms with Gasteiger partial charge in [-0.25, -0.2) is 9.78 Å². The number of aromatic nitrogens is 1. The Hall–Kier alpha value is -3.85. The summed E-state index contributed by atoms with van der Waals surface area (Å²) < 4.78 is 6.65. The van der Waals surface area contributed by atoms with Gasteiger partial charge in [-0.3, -0.25) is 19.3 Å². The van der Waals surface area contributed by atoms with Crippen molar-refractivity contribution >= 4 is 79.3 Å². The molecule has 2 bridgehead atoms. The third kappa shape index (κ3) is 5.57. The molecule has 10 heteroatoms. The molecule has 2 amide bonds. The molecule has 3 aromatic carbocycles. The molecule has 0 radical (unpaired) electrons. The average molecular weight is 746 g/mol. The monoisotopic (exact) mass is 744 g/mol. The molecule has 3 aliphatic rings. The molecule has 1 saturated heterocycles. The zero-order valence-corrected chi connectivity index (χ0v) is 29.3. The fraction of sp³-hybridized carbons (Fsp3) is 0.289. The van der Waals surface area contributed by atoms with Crippen molar-refractivity contribution in [3.63, 3.8) is 0 Å². The SMILES string of the molecule is CCc1cc(Br)cc2c(C(=O)OC(CCCl)C(=O)c3ccc(Cl)cc3)cc(-c3ccc(N4C(=O)C5C6C=C(C)C(C6)C5C4=O)cc3)nc12. The summed E-state index contributed by atoms with van der Waals surface area (Å²) in [6, 6.07) is 18.9. The van der Waals surface area contributed by atoms with Crippen LogP contribution in [0.15, 0.2) is 82.9 Å². The summed E-state index contributed by atoms with van der Waals surface area (Å²) in [6.45, 7) is 4.06. The van der Waals surface area contributed by atoms with Crippen molar-refractivity contribution in [1.82, 2.24) is 4.98 Å². The highest BCUT2D eigenvalue weighted by Gasteiger charge is 2.60. The number of rotatable bonds is 9. The number of imide groups is 1. The molecule has 244 valence electrons. The lowest BCUT2D eigenvalue weighted by atomic mass is 9.82. The molecule has 5 unspecified atom stereocenters. The van der Waals surface area contributed by atoms with E-state index in [0.717, 1.165) is 16.5 Å². The second-order valence-corrected chi connectivity index (χ2v) is 14.4. The van der Waals surface area contributed by atoms with Crippen LogP contribution in [0.5, 0.6) is 0 Å². The normalized spacial score (nSPS) is 21.9. The van der Waals surface area contributed by atoms with Crippen LogP contribution in [0.1, 0.15) is 53.0 Å². The Morgan fingerprint density at radius 2 is 1.73 bits per heavy atom. The van der Waals surface area contributed by atoms with Crippen molar-refractivity contribution in [2.75, 3.05) is 10.8 Å². The molecule has 4 aromatic rings. The van der Waals surface area contributed by atoms with Crippen molar-refractivity contribution in [1.29, 1.82) is 0 Å². The fourth-order valence-corrected chi connectivity index (χ4v) is 8.42. The predicted octanol–water partition coefficient (Wildman–Crippen LogP) is 8.62. The summed E-state index contributed by atoms with van der Waals surface area (Å²) >= 11 is 15.6. The van der Waals surface area contributed by atoms with Crippen molar-refractivity contribution in [3.8, 4) is 11.3 Å². The molecule has 7 rings (SSSR count). The average Bonchev–Trinajstić information content (AvgIpc) is 3.73. The number of amides is 2. The Bertz CT molecular complexity index is 2030. The van der Waals surface area contributed by atoms with Gasteiger partial charge in [-0.2, -0.15) is 0 Å². The Morgan fingerprint density at radius 3 is 2.42 bits per heavy atom. The first-order valence-corrected chi connectivity index (χ1v) is 17.7. The number of nitrogens with zero attached hydrogens (tertiary/aromatic N) is 2. The minimum Gasteiger partial charge on any atom is -0.450 e. The minimum absolute atomic E-state index is 0.110. The molecular weight excluding hydrogens is 715 g/mol. The van der Waals surface area contributed by atoms with Gasteiger partial charge in [0.25, 0.3) is 0 Å². The molecule has 2 heterocycles. The number of anilines is 1. The smallest absolute Gasteiger partial charge is 0.339 e. The second kappa shape index (κ2) is 12.9. The number of allylic oxidation sites excluding steroid dienone is 2. The summed E-state index contributed by atoms with van der Waals surface area (Å²) in [5.41, 5.74) is 5.06. The number of Topliss-reactive ketones (excluding diaryl/α,β-unsaturated/α-hetero) is 1. The van der Waals surface area contributed by atoms with E-state index >= 15 is 0 Å². The van der Waals surface area contributed by atoms with Gasteiger partial charge in [0.1, 0.15) is 0 Å². The van der Waals surface area contributed by atoms with Gasteiger partial charge in [0, 0.05) is 38.3 Å². The summed E-state index contributed by atoms with van der Waals surface area (Å²) in [5.74, 6) is -1.54. The van der Waals surface area contributed by atoms with Gasteiger partial charge in [0.2, 0.25) is 17.6 Å². The largest absolute Gasteiger partial charge is 0.450 e. The number of carbonyl (C=O) groups excluding carboxylic acids is 4. The first-order valence-electron chi connectivity index (χ1n) is 16.0. The van der Waals surface area contributed by atoms with Gasteiger partial charge in [0.05, 0.1) is 34.3 Å². The predicted molar refractivity (Wildman–Crippen MR) is 189 cm³/mol. The summed E-state index contributed by atoms with van der Waals surface area (Å²) in [5, 5.41) is 1.06. The van der Waals surface area contributed by atoms with E-state index in [1.807, 2.05) is 19.1 Å². The van der Waals surface area contributed by atoms with Gasteiger partial charge >= 0.3 is 5.97 Å². The minimum atomic E-state index is -1.11. The van der Waals surface area contributed by atoms with Gasteiger partial charge in [-0.1, -0.05) is 58.2 Å². The highest BCUT2D eigenvalue weighted by Crippen LogP contribution is 2.56. The molecule has 1 saturated carbocycles. The van der Waals surface area contributed by atoms with Crippen LogP contribution in [-0.2, 0) is 20.7 Å². The molecular formula is C38H31BrCl2N2O5. The van der Waals surface area contributed by atoms with Crippen LogP contribution in [0.3, 0.4) is 0 Å². The lowest BCUT2D eigenvalue weighted by Crippen LogP contribution is -2.32. The number of benzene rings is 3. The van der Waals surface area contributed by atoms with Crippen LogP contribution >= 0.6 is 39.1 Å². The quantitative estimate of drug-likeness (QED) is 0.0560. The third-order valence-corrected chi connectivity index (χ3v) is 10.8. The Labute approximate surface area is 296 Å². The zero-order chi connectivity index (χ0) is 33.9. The van der Waals surface area contributed by atoms with Crippen LogP contribution in [-0.4, -0.2) is 40.5 Å². The van der Waals surface area contributed by atoms with Crippen molar-refractivity contribution < 1.29 is 23.9 Å². The lowest BCUT2D eigenvalue weighted by molar-refractivity contribution is -0.123. The topological polar surface area (TPSA) is 93.6 Å².